The number of carbonyl (C=O) groups excluding carboxylic acids is 2. The fourth-order valence-electron chi connectivity index (χ4n) is 2.00. The van der Waals surface area contributed by atoms with E-state index in [0.717, 1.165) is 0 Å². The van der Waals surface area contributed by atoms with Gasteiger partial charge in [0.2, 0.25) is 0 Å². The van der Waals surface area contributed by atoms with Gasteiger partial charge in [-0.2, -0.15) is 0 Å². The minimum Gasteiger partial charge on any atom is -0.468 e. The van der Waals surface area contributed by atoms with E-state index in [2.05, 4.69) is 9.47 Å². The number of hydrogen-bond acceptors (Lipinski definition) is 6. The van der Waals surface area contributed by atoms with Crippen molar-refractivity contribution in [3.63, 3.8) is 0 Å². The van der Waals surface area contributed by atoms with Crippen LogP contribution in [0.4, 0.5) is 0 Å². The molecule has 0 radical (unpaired) electrons. The molecule has 6 nitrogen and oxygen atoms in total. The number of ether oxygens (including phenoxy) is 4. The van der Waals surface area contributed by atoms with E-state index in [4.69, 9.17) is 9.47 Å². The van der Waals surface area contributed by atoms with E-state index in [0.29, 0.717) is 0 Å². The van der Waals surface area contributed by atoms with Gasteiger partial charge in [0.05, 0.1) is 14.2 Å². The minimum atomic E-state index is -1.30. The lowest BCUT2D eigenvalue weighted by molar-refractivity contribution is -0.293. The fourth-order valence-corrected chi connectivity index (χ4v) is 2.00. The lowest BCUT2D eigenvalue weighted by atomic mass is 9.64. The highest BCUT2D eigenvalue weighted by Crippen LogP contribution is 2.52. The molecule has 0 aliphatic heterocycles. The van der Waals surface area contributed by atoms with Crippen LogP contribution in [0.1, 0.15) is 12.8 Å². The van der Waals surface area contributed by atoms with Crippen molar-refractivity contribution in [3.05, 3.63) is 0 Å². The molecule has 0 unspecified atom stereocenters. The first kappa shape index (κ1) is 12.9. The third-order valence-electron chi connectivity index (χ3n) is 3.04. The van der Waals surface area contributed by atoms with Crippen molar-refractivity contribution in [1.82, 2.24) is 0 Å². The Labute approximate surface area is 93.8 Å². The molecule has 0 bridgehead atoms. The Balaban J connectivity index is 2.89. The minimum absolute atomic E-state index is 0.104. The monoisotopic (exact) mass is 232 g/mol. The molecule has 0 saturated heterocycles. The van der Waals surface area contributed by atoms with Crippen molar-refractivity contribution >= 4 is 11.9 Å². The Morgan fingerprint density at radius 1 is 0.875 bits per heavy atom. The summed E-state index contributed by atoms with van der Waals surface area (Å²) in [5.74, 6) is -2.14. The predicted molar refractivity (Wildman–Crippen MR) is 52.4 cm³/mol. The summed E-state index contributed by atoms with van der Waals surface area (Å²) < 4.78 is 19.5. The SMILES string of the molecule is COC(=O)C1(C(=O)OC)CC(OC)(OC)C1. The van der Waals surface area contributed by atoms with Gasteiger partial charge in [-0.25, -0.2) is 0 Å². The molecule has 1 aliphatic carbocycles. The summed E-state index contributed by atoms with van der Waals surface area (Å²) in [5.41, 5.74) is -1.30. The van der Waals surface area contributed by atoms with Gasteiger partial charge in [-0.15, -0.1) is 0 Å². The Bertz CT molecular complexity index is 268. The number of esters is 2. The third-order valence-corrected chi connectivity index (χ3v) is 3.04. The first-order valence-electron chi connectivity index (χ1n) is 4.77. The highest BCUT2D eigenvalue weighted by molar-refractivity contribution is 6.01. The molecule has 0 aromatic rings. The lowest BCUT2D eigenvalue weighted by Crippen LogP contribution is -2.62. The van der Waals surface area contributed by atoms with Crippen LogP contribution in [-0.2, 0) is 28.5 Å². The molecule has 1 rings (SSSR count). The van der Waals surface area contributed by atoms with Crippen LogP contribution in [0.3, 0.4) is 0 Å². The van der Waals surface area contributed by atoms with Gasteiger partial charge in [0.15, 0.2) is 11.2 Å². The van der Waals surface area contributed by atoms with E-state index in [9.17, 15) is 9.59 Å². The topological polar surface area (TPSA) is 71.1 Å². The zero-order valence-corrected chi connectivity index (χ0v) is 9.86. The summed E-state index contributed by atoms with van der Waals surface area (Å²) in [6.07, 6.45) is 0.207. The second kappa shape index (κ2) is 4.39. The van der Waals surface area contributed by atoms with Crippen LogP contribution < -0.4 is 0 Å². The van der Waals surface area contributed by atoms with Gasteiger partial charge in [0.25, 0.3) is 0 Å². The van der Waals surface area contributed by atoms with E-state index < -0.39 is 23.1 Å². The third kappa shape index (κ3) is 1.68. The molecule has 16 heavy (non-hydrogen) atoms. The van der Waals surface area contributed by atoms with Crippen molar-refractivity contribution in [2.45, 2.75) is 18.6 Å². The van der Waals surface area contributed by atoms with Crippen molar-refractivity contribution in [2.75, 3.05) is 28.4 Å². The molecule has 0 atom stereocenters. The van der Waals surface area contributed by atoms with E-state index in [1.165, 1.54) is 28.4 Å². The Hall–Kier alpha value is -1.14. The van der Waals surface area contributed by atoms with E-state index in [-0.39, 0.29) is 12.8 Å². The largest absolute Gasteiger partial charge is 0.468 e. The van der Waals surface area contributed by atoms with Crippen molar-refractivity contribution in [2.24, 2.45) is 5.41 Å². The predicted octanol–water partition coefficient (Wildman–Crippen LogP) is 0.102. The van der Waals surface area contributed by atoms with Gasteiger partial charge >= 0.3 is 11.9 Å². The Morgan fingerprint density at radius 3 is 1.50 bits per heavy atom. The molecule has 1 fully saturated rings. The van der Waals surface area contributed by atoms with Crippen LogP contribution in [0.5, 0.6) is 0 Å². The molecule has 1 aliphatic rings. The maximum absolute atomic E-state index is 11.6. The zero-order valence-electron chi connectivity index (χ0n) is 9.86. The molecule has 1 saturated carbocycles. The molecule has 0 aromatic carbocycles. The van der Waals surface area contributed by atoms with Gasteiger partial charge in [-0.3, -0.25) is 9.59 Å². The number of hydrogen-bond donors (Lipinski definition) is 0. The van der Waals surface area contributed by atoms with Crippen molar-refractivity contribution in [3.8, 4) is 0 Å². The molecule has 0 heterocycles. The first-order valence-corrected chi connectivity index (χ1v) is 4.77. The normalized spacial score (nSPS) is 20.8. The van der Waals surface area contributed by atoms with Crippen LogP contribution in [0.25, 0.3) is 0 Å². The quantitative estimate of drug-likeness (QED) is 0.389. The van der Waals surface area contributed by atoms with E-state index in [1.54, 1.807) is 0 Å². The van der Waals surface area contributed by atoms with Gasteiger partial charge < -0.3 is 18.9 Å². The Kier molecular flexibility index (Phi) is 3.54. The maximum Gasteiger partial charge on any atom is 0.323 e. The van der Waals surface area contributed by atoms with Crippen LogP contribution in [-0.4, -0.2) is 46.2 Å². The highest BCUT2D eigenvalue weighted by Gasteiger charge is 2.66. The van der Waals surface area contributed by atoms with Crippen molar-refractivity contribution < 1.29 is 28.5 Å². The summed E-state index contributed by atoms with van der Waals surface area (Å²) in [4.78, 5) is 23.2. The summed E-state index contributed by atoms with van der Waals surface area (Å²) in [6, 6.07) is 0. The number of methoxy groups -OCH3 is 4. The molecular weight excluding hydrogens is 216 g/mol. The first-order chi connectivity index (χ1) is 7.50. The summed E-state index contributed by atoms with van der Waals surface area (Å²) in [7, 11) is 5.38. The van der Waals surface area contributed by atoms with E-state index in [1.807, 2.05) is 0 Å². The van der Waals surface area contributed by atoms with Gasteiger partial charge in [-0.1, -0.05) is 0 Å². The molecule has 6 heteroatoms. The van der Waals surface area contributed by atoms with Crippen LogP contribution >= 0.6 is 0 Å². The van der Waals surface area contributed by atoms with Crippen LogP contribution in [0, 0.1) is 5.41 Å². The zero-order chi connectivity index (χ0) is 12.4. The van der Waals surface area contributed by atoms with Crippen molar-refractivity contribution in [1.29, 1.82) is 0 Å². The van der Waals surface area contributed by atoms with Gasteiger partial charge in [0, 0.05) is 27.1 Å². The summed E-state index contributed by atoms with van der Waals surface area (Å²) in [6.45, 7) is 0. The second-order valence-electron chi connectivity index (χ2n) is 3.74. The Morgan fingerprint density at radius 2 is 1.25 bits per heavy atom. The maximum atomic E-state index is 11.6. The fraction of sp³-hybridized carbons (Fsp3) is 0.800. The molecule has 0 amide bonds. The van der Waals surface area contributed by atoms with E-state index >= 15 is 0 Å². The number of rotatable bonds is 4. The molecule has 0 aromatic heterocycles. The van der Waals surface area contributed by atoms with Crippen LogP contribution in [0.2, 0.25) is 0 Å². The second-order valence-corrected chi connectivity index (χ2v) is 3.74. The average Bonchev–Trinajstić information content (AvgIpc) is 2.28. The molecule has 92 valence electrons. The number of carbonyl (C=O) groups is 2. The standard InChI is InChI=1S/C10H16O6/c1-13-7(11)9(8(12)14-2)5-10(6-9,15-3)16-4/h5-6H2,1-4H3. The molecular formula is C10H16O6. The smallest absolute Gasteiger partial charge is 0.323 e. The lowest BCUT2D eigenvalue weighted by Gasteiger charge is -2.49. The van der Waals surface area contributed by atoms with Gasteiger partial charge in [0.1, 0.15) is 0 Å². The van der Waals surface area contributed by atoms with Gasteiger partial charge in [-0.05, 0) is 0 Å². The molecule has 0 spiro atoms. The summed E-state index contributed by atoms with van der Waals surface area (Å²) >= 11 is 0. The average molecular weight is 232 g/mol. The van der Waals surface area contributed by atoms with Crippen LogP contribution in [0.15, 0.2) is 0 Å². The molecule has 0 N–H and O–H groups in total. The highest BCUT2D eigenvalue weighted by atomic mass is 16.7. The summed E-state index contributed by atoms with van der Waals surface area (Å²) in [5, 5.41) is 0.